The second kappa shape index (κ2) is 8.11. The summed E-state index contributed by atoms with van der Waals surface area (Å²) in [6.07, 6.45) is 1.59. The van der Waals surface area contributed by atoms with E-state index in [1.807, 2.05) is 30.3 Å². The summed E-state index contributed by atoms with van der Waals surface area (Å²) in [5, 5.41) is 11.1. The van der Waals surface area contributed by atoms with Crippen LogP contribution in [0.1, 0.15) is 24.1 Å². The molecule has 31 heavy (non-hydrogen) atoms. The lowest BCUT2D eigenvalue weighted by atomic mass is 9.96. The highest BCUT2D eigenvalue weighted by molar-refractivity contribution is 7.07. The van der Waals surface area contributed by atoms with Crippen LogP contribution in [0.2, 0.25) is 0 Å². The largest absolute Gasteiger partial charge is 0.466 e. The third-order valence-corrected chi connectivity index (χ3v) is 5.90. The van der Waals surface area contributed by atoms with Crippen molar-refractivity contribution in [1.82, 2.24) is 4.57 Å². The lowest BCUT2D eigenvalue weighted by Gasteiger charge is -2.24. The molecule has 2 aromatic carbocycles. The summed E-state index contributed by atoms with van der Waals surface area (Å²) in [4.78, 5) is 41.4. The highest BCUT2D eigenvalue weighted by Crippen LogP contribution is 2.30. The van der Waals surface area contributed by atoms with Crippen molar-refractivity contribution in [1.29, 1.82) is 0 Å². The summed E-state index contributed by atoms with van der Waals surface area (Å²) in [6.45, 7) is 1.71. The number of rotatable bonds is 4. The molecule has 0 bridgehead atoms. The average Bonchev–Trinajstić information content (AvgIpc) is 3.07. The molecule has 1 atom stereocenters. The Morgan fingerprint density at radius 1 is 1.23 bits per heavy atom. The number of thiazole rings is 1. The molecule has 0 aliphatic carbocycles. The van der Waals surface area contributed by atoms with Crippen molar-refractivity contribution in [3.63, 3.8) is 0 Å². The monoisotopic (exact) mass is 435 g/mol. The molecule has 3 aromatic rings. The molecule has 0 unspecified atom stereocenters. The van der Waals surface area contributed by atoms with Gasteiger partial charge in [-0.1, -0.05) is 53.8 Å². The fourth-order valence-corrected chi connectivity index (χ4v) is 4.57. The molecule has 1 aromatic heterocycles. The van der Waals surface area contributed by atoms with Crippen LogP contribution in [0, 0.1) is 10.1 Å². The predicted molar refractivity (Wildman–Crippen MR) is 115 cm³/mol. The Kier molecular flexibility index (Phi) is 5.35. The van der Waals surface area contributed by atoms with Crippen molar-refractivity contribution in [2.24, 2.45) is 4.99 Å². The van der Waals surface area contributed by atoms with E-state index in [1.54, 1.807) is 25.1 Å². The normalized spacial score (nSPS) is 15.9. The first-order valence-electron chi connectivity index (χ1n) is 9.31. The van der Waals surface area contributed by atoms with Gasteiger partial charge in [-0.2, -0.15) is 0 Å². The van der Waals surface area contributed by atoms with Gasteiger partial charge in [0.25, 0.3) is 11.2 Å². The smallest absolute Gasteiger partial charge is 0.338 e. The zero-order valence-electron chi connectivity index (χ0n) is 16.6. The van der Waals surface area contributed by atoms with Gasteiger partial charge in [-0.25, -0.2) is 9.79 Å². The van der Waals surface area contributed by atoms with Crippen LogP contribution >= 0.6 is 11.3 Å². The summed E-state index contributed by atoms with van der Waals surface area (Å²) in [5.41, 5.74) is 1.65. The quantitative estimate of drug-likeness (QED) is 0.355. The average molecular weight is 435 g/mol. The lowest BCUT2D eigenvalue weighted by Crippen LogP contribution is -2.39. The summed E-state index contributed by atoms with van der Waals surface area (Å²) < 4.78 is 6.80. The summed E-state index contributed by atoms with van der Waals surface area (Å²) in [5.74, 6) is -0.553. The van der Waals surface area contributed by atoms with Crippen LogP contribution in [0.3, 0.4) is 0 Å². The van der Waals surface area contributed by atoms with E-state index in [-0.39, 0.29) is 11.2 Å². The number of allylic oxidation sites excluding steroid dienone is 1. The van der Waals surface area contributed by atoms with E-state index in [0.29, 0.717) is 26.2 Å². The van der Waals surface area contributed by atoms with E-state index in [2.05, 4.69) is 4.99 Å². The van der Waals surface area contributed by atoms with Crippen LogP contribution in [-0.4, -0.2) is 22.6 Å². The van der Waals surface area contributed by atoms with Crippen molar-refractivity contribution >= 4 is 29.1 Å². The third kappa shape index (κ3) is 3.71. The number of methoxy groups -OCH3 is 1. The topological polar surface area (TPSA) is 104 Å². The van der Waals surface area contributed by atoms with Crippen molar-refractivity contribution in [3.8, 4) is 0 Å². The Bertz CT molecular complexity index is 1400. The van der Waals surface area contributed by atoms with Gasteiger partial charge in [-0.15, -0.1) is 0 Å². The number of fused-ring (bicyclic) bond motifs is 1. The first-order valence-corrected chi connectivity index (χ1v) is 10.1. The van der Waals surface area contributed by atoms with Crippen LogP contribution in [0.5, 0.6) is 0 Å². The number of non-ortho nitro benzene ring substituents is 1. The molecule has 0 saturated carbocycles. The van der Waals surface area contributed by atoms with Crippen LogP contribution in [0.15, 0.2) is 75.7 Å². The van der Waals surface area contributed by atoms with Crippen LogP contribution in [0.4, 0.5) is 5.69 Å². The number of nitro groups is 1. The van der Waals surface area contributed by atoms with Crippen LogP contribution < -0.4 is 14.9 Å². The number of esters is 1. The van der Waals surface area contributed by atoms with E-state index in [1.165, 1.54) is 35.1 Å². The maximum atomic E-state index is 13.4. The minimum absolute atomic E-state index is 0.0625. The lowest BCUT2D eigenvalue weighted by molar-refractivity contribution is -0.384. The Labute approximate surface area is 180 Å². The third-order valence-electron chi connectivity index (χ3n) is 4.92. The molecule has 9 heteroatoms. The molecular weight excluding hydrogens is 418 g/mol. The van der Waals surface area contributed by atoms with Gasteiger partial charge in [0, 0.05) is 12.1 Å². The number of aromatic nitrogens is 1. The minimum Gasteiger partial charge on any atom is -0.466 e. The maximum absolute atomic E-state index is 13.4. The summed E-state index contributed by atoms with van der Waals surface area (Å²) in [7, 11) is 1.29. The van der Waals surface area contributed by atoms with E-state index >= 15 is 0 Å². The van der Waals surface area contributed by atoms with Crippen molar-refractivity contribution < 1.29 is 14.5 Å². The molecule has 0 fully saturated rings. The minimum atomic E-state index is -0.683. The van der Waals surface area contributed by atoms with Crippen molar-refractivity contribution in [3.05, 3.63) is 107 Å². The van der Waals surface area contributed by atoms with E-state index in [4.69, 9.17) is 4.74 Å². The zero-order chi connectivity index (χ0) is 22.1. The van der Waals surface area contributed by atoms with E-state index < -0.39 is 16.9 Å². The maximum Gasteiger partial charge on any atom is 0.338 e. The SMILES string of the molecule is COC(=O)C1=C(C)N=c2s/c(=C/c3cccc([N+](=O)[O-])c3)c(=O)n2[C@H]1c1ccccc1. The Morgan fingerprint density at radius 2 is 1.97 bits per heavy atom. The molecule has 156 valence electrons. The zero-order valence-corrected chi connectivity index (χ0v) is 17.5. The van der Waals surface area contributed by atoms with Crippen molar-refractivity contribution in [2.45, 2.75) is 13.0 Å². The van der Waals surface area contributed by atoms with E-state index in [9.17, 15) is 19.7 Å². The number of carbonyl (C=O) groups is 1. The summed E-state index contributed by atoms with van der Waals surface area (Å²) in [6, 6.07) is 14.5. The number of hydrogen-bond acceptors (Lipinski definition) is 7. The molecule has 0 saturated heterocycles. The number of carbonyl (C=O) groups excluding carboxylic acids is 1. The molecule has 1 aliphatic heterocycles. The van der Waals surface area contributed by atoms with Gasteiger partial charge < -0.3 is 4.74 Å². The molecule has 0 N–H and O–H groups in total. The molecule has 0 spiro atoms. The highest BCUT2D eigenvalue weighted by atomic mass is 32.1. The van der Waals surface area contributed by atoms with E-state index in [0.717, 1.165) is 5.56 Å². The molecular formula is C22H17N3O5S. The molecule has 1 aliphatic rings. The van der Waals surface area contributed by atoms with Gasteiger partial charge in [0.05, 0.1) is 33.9 Å². The first kappa shape index (κ1) is 20.4. The van der Waals surface area contributed by atoms with Crippen LogP contribution in [-0.2, 0) is 9.53 Å². The standard InChI is InChI=1S/C22H17N3O5S/c1-13-18(21(27)30-2)19(15-8-4-3-5-9-15)24-20(26)17(31-22(24)23-13)12-14-7-6-10-16(11-14)25(28)29/h3-12,19H,1-2H3/b17-12+/t19-/m0/s1. The number of ether oxygens (including phenoxy) is 1. The second-order valence-electron chi connectivity index (χ2n) is 6.84. The van der Waals surface area contributed by atoms with Crippen molar-refractivity contribution in [2.75, 3.05) is 7.11 Å². The predicted octanol–water partition coefficient (Wildman–Crippen LogP) is 2.32. The highest BCUT2D eigenvalue weighted by Gasteiger charge is 2.32. The molecule has 4 rings (SSSR count). The number of nitrogens with zero attached hydrogens (tertiary/aromatic N) is 3. The van der Waals surface area contributed by atoms with Gasteiger partial charge >= 0.3 is 5.97 Å². The fraction of sp³-hybridized carbons (Fsp3) is 0.136. The first-order chi connectivity index (χ1) is 14.9. The Morgan fingerprint density at radius 3 is 2.65 bits per heavy atom. The number of nitro benzene ring substituents is 1. The van der Waals surface area contributed by atoms with Crippen LogP contribution in [0.25, 0.3) is 6.08 Å². The Balaban J connectivity index is 1.95. The number of hydrogen-bond donors (Lipinski definition) is 0. The van der Waals surface area contributed by atoms with Gasteiger partial charge in [-0.3, -0.25) is 19.5 Å². The second-order valence-corrected chi connectivity index (χ2v) is 7.85. The van der Waals surface area contributed by atoms with Gasteiger partial charge in [0.1, 0.15) is 0 Å². The molecule has 2 heterocycles. The number of benzene rings is 2. The molecule has 0 radical (unpaired) electrons. The summed E-state index contributed by atoms with van der Waals surface area (Å²) >= 11 is 1.17. The fourth-order valence-electron chi connectivity index (χ4n) is 3.52. The Hall–Kier alpha value is -3.85. The molecule has 8 nitrogen and oxygen atoms in total. The van der Waals surface area contributed by atoms with Gasteiger partial charge in [-0.05, 0) is 24.1 Å². The molecule has 0 amide bonds. The van der Waals surface area contributed by atoms with Gasteiger partial charge in [0.2, 0.25) is 0 Å². The van der Waals surface area contributed by atoms with Gasteiger partial charge in [0.15, 0.2) is 4.80 Å².